The number of rotatable bonds is 5. The third-order valence-electron chi connectivity index (χ3n) is 5.20. The summed E-state index contributed by atoms with van der Waals surface area (Å²) in [6.45, 7) is 6.01. The molecule has 7 nitrogen and oxygen atoms in total. The van der Waals surface area contributed by atoms with Gasteiger partial charge in [0.2, 0.25) is 0 Å². The van der Waals surface area contributed by atoms with E-state index in [2.05, 4.69) is 15.5 Å². The van der Waals surface area contributed by atoms with E-state index in [1.54, 1.807) is 13.1 Å². The zero-order valence-electron chi connectivity index (χ0n) is 18.9. The molecular weight excluding hydrogens is 434 g/mol. The van der Waals surface area contributed by atoms with Gasteiger partial charge in [-0.25, -0.2) is 14.9 Å². The fourth-order valence-corrected chi connectivity index (χ4v) is 4.52. The van der Waals surface area contributed by atoms with Crippen LogP contribution >= 0.6 is 11.3 Å². The van der Waals surface area contributed by atoms with E-state index in [4.69, 9.17) is 4.98 Å². The number of carbonyl (C=O) groups is 1. The monoisotopic (exact) mass is 459 g/mol. The molecule has 0 aliphatic carbocycles. The zero-order chi connectivity index (χ0) is 23.5. The number of nitrogens with zero attached hydrogens (tertiary/aromatic N) is 3. The van der Waals surface area contributed by atoms with Gasteiger partial charge in [-0.05, 0) is 36.1 Å². The molecule has 8 heteroatoms. The summed E-state index contributed by atoms with van der Waals surface area (Å²) in [5, 5.41) is 10.4. The molecule has 2 N–H and O–H groups in total. The standard InChI is InChI=1S/C25H25N5O2S/c1-15(2)19-14-20(31)28-29-22(19)23-21(17-10-6-5-7-11-17)27-25(33-23)30(4)24(32)26-18-12-8-9-16(3)13-18/h5-15H,1-4H3,(H,26,32)(H,28,31). The number of carbonyl (C=O) groups excluding carboxylic acids is 1. The first-order valence-corrected chi connectivity index (χ1v) is 11.4. The molecule has 33 heavy (non-hydrogen) atoms. The Morgan fingerprint density at radius 3 is 2.52 bits per heavy atom. The smallest absolute Gasteiger partial charge is 0.307 e. The molecule has 2 amide bonds. The molecule has 0 aliphatic rings. The fourth-order valence-electron chi connectivity index (χ4n) is 3.46. The molecule has 0 aliphatic heterocycles. The Bertz CT molecular complexity index is 1340. The van der Waals surface area contributed by atoms with Crippen molar-refractivity contribution in [3.05, 3.63) is 82.1 Å². The normalized spacial score (nSPS) is 10.9. The Hall–Kier alpha value is -3.78. The average molecular weight is 460 g/mol. The van der Waals surface area contributed by atoms with Gasteiger partial charge in [0.15, 0.2) is 5.13 Å². The summed E-state index contributed by atoms with van der Waals surface area (Å²) in [5.41, 5.74) is 4.65. The number of amides is 2. The molecule has 0 unspecified atom stereocenters. The number of H-pyrrole nitrogens is 1. The second kappa shape index (κ2) is 9.38. The van der Waals surface area contributed by atoms with Crippen molar-refractivity contribution in [2.24, 2.45) is 0 Å². The first-order valence-electron chi connectivity index (χ1n) is 10.6. The first kappa shape index (κ1) is 22.4. The number of thiazole rings is 1. The van der Waals surface area contributed by atoms with Crippen molar-refractivity contribution < 1.29 is 4.79 Å². The summed E-state index contributed by atoms with van der Waals surface area (Å²) in [7, 11) is 1.69. The highest BCUT2D eigenvalue weighted by atomic mass is 32.1. The minimum absolute atomic E-state index is 0.0892. The maximum Gasteiger partial charge on any atom is 0.327 e. The van der Waals surface area contributed by atoms with Gasteiger partial charge in [-0.2, -0.15) is 5.10 Å². The minimum Gasteiger partial charge on any atom is -0.307 e. The minimum atomic E-state index is -0.293. The van der Waals surface area contributed by atoms with E-state index in [9.17, 15) is 9.59 Å². The Labute approximate surface area is 196 Å². The fraction of sp³-hybridized carbons (Fsp3) is 0.200. The largest absolute Gasteiger partial charge is 0.327 e. The molecule has 4 rings (SSSR count). The van der Waals surface area contributed by atoms with Gasteiger partial charge in [0, 0.05) is 24.4 Å². The maximum atomic E-state index is 13.0. The summed E-state index contributed by atoms with van der Waals surface area (Å²) < 4.78 is 0. The predicted molar refractivity (Wildman–Crippen MR) is 134 cm³/mol. The van der Waals surface area contributed by atoms with Crippen molar-refractivity contribution in [1.29, 1.82) is 0 Å². The topological polar surface area (TPSA) is 91.0 Å². The van der Waals surface area contributed by atoms with Crippen molar-refractivity contribution in [1.82, 2.24) is 15.2 Å². The molecule has 0 fully saturated rings. The second-order valence-corrected chi connectivity index (χ2v) is 9.07. The van der Waals surface area contributed by atoms with E-state index >= 15 is 0 Å². The third-order valence-corrected chi connectivity index (χ3v) is 6.34. The molecular formula is C25H25N5O2S. The Morgan fingerprint density at radius 2 is 1.82 bits per heavy atom. The molecule has 2 aromatic heterocycles. The van der Waals surface area contributed by atoms with E-state index < -0.39 is 0 Å². The number of urea groups is 1. The van der Waals surface area contributed by atoms with Crippen LogP contribution in [0.4, 0.5) is 15.6 Å². The quantitative estimate of drug-likeness (QED) is 0.403. The number of nitrogens with one attached hydrogen (secondary N) is 2. The summed E-state index contributed by atoms with van der Waals surface area (Å²) in [4.78, 5) is 32.0. The highest BCUT2D eigenvalue weighted by molar-refractivity contribution is 7.19. The number of aryl methyl sites for hydroxylation is 1. The highest BCUT2D eigenvalue weighted by Crippen LogP contribution is 2.41. The van der Waals surface area contributed by atoms with Crippen LogP contribution in [0.25, 0.3) is 21.8 Å². The van der Waals surface area contributed by atoms with Crippen molar-refractivity contribution in [2.45, 2.75) is 26.7 Å². The molecule has 0 radical (unpaired) electrons. The summed E-state index contributed by atoms with van der Waals surface area (Å²) in [6, 6.07) is 18.7. The SMILES string of the molecule is Cc1cccc(NC(=O)N(C)c2nc(-c3ccccc3)c(-c3n[nH]c(=O)cc3C(C)C)s2)c1. The number of hydrogen-bond donors (Lipinski definition) is 2. The molecule has 4 aromatic rings. The average Bonchev–Trinajstić information content (AvgIpc) is 3.24. The number of aromatic nitrogens is 3. The van der Waals surface area contributed by atoms with Crippen molar-refractivity contribution in [3.63, 3.8) is 0 Å². The zero-order valence-corrected chi connectivity index (χ0v) is 19.7. The van der Waals surface area contributed by atoms with Gasteiger partial charge in [-0.1, -0.05) is 67.6 Å². The molecule has 0 saturated carbocycles. The van der Waals surface area contributed by atoms with Gasteiger partial charge in [0.05, 0.1) is 10.6 Å². The summed E-state index contributed by atoms with van der Waals surface area (Å²) in [5.74, 6) is 0.0892. The number of hydrogen-bond acceptors (Lipinski definition) is 5. The van der Waals surface area contributed by atoms with Gasteiger partial charge < -0.3 is 5.32 Å². The summed E-state index contributed by atoms with van der Waals surface area (Å²) >= 11 is 1.36. The molecule has 2 aromatic carbocycles. The van der Waals surface area contributed by atoms with E-state index in [-0.39, 0.29) is 17.5 Å². The van der Waals surface area contributed by atoms with E-state index in [1.165, 1.54) is 16.2 Å². The van der Waals surface area contributed by atoms with Crippen molar-refractivity contribution in [3.8, 4) is 21.8 Å². The second-order valence-electron chi connectivity index (χ2n) is 8.09. The van der Waals surface area contributed by atoms with Crippen LogP contribution in [0, 0.1) is 6.92 Å². The molecule has 0 saturated heterocycles. The van der Waals surface area contributed by atoms with Crippen LogP contribution in [0.1, 0.15) is 30.9 Å². The van der Waals surface area contributed by atoms with Crippen LogP contribution in [0.15, 0.2) is 65.5 Å². The van der Waals surface area contributed by atoms with Crippen LogP contribution < -0.4 is 15.8 Å². The number of aromatic amines is 1. The van der Waals surface area contributed by atoms with E-state index in [0.717, 1.165) is 27.3 Å². The van der Waals surface area contributed by atoms with Crippen LogP contribution in [0.5, 0.6) is 0 Å². The van der Waals surface area contributed by atoms with E-state index in [0.29, 0.717) is 16.5 Å². The van der Waals surface area contributed by atoms with Crippen molar-refractivity contribution >= 4 is 28.2 Å². The number of benzene rings is 2. The number of anilines is 2. The molecule has 168 valence electrons. The molecule has 0 atom stereocenters. The van der Waals surface area contributed by atoms with Gasteiger partial charge in [-0.3, -0.25) is 9.69 Å². The van der Waals surface area contributed by atoms with Gasteiger partial charge in [-0.15, -0.1) is 0 Å². The van der Waals surface area contributed by atoms with Crippen LogP contribution in [-0.4, -0.2) is 28.3 Å². The lowest BCUT2D eigenvalue weighted by Gasteiger charge is -2.15. The van der Waals surface area contributed by atoms with Crippen molar-refractivity contribution in [2.75, 3.05) is 17.3 Å². The lowest BCUT2D eigenvalue weighted by atomic mass is 10.00. The lowest BCUT2D eigenvalue weighted by molar-refractivity contribution is 0.258. The predicted octanol–water partition coefficient (Wildman–Crippen LogP) is 5.66. The highest BCUT2D eigenvalue weighted by Gasteiger charge is 2.24. The Balaban J connectivity index is 1.78. The van der Waals surface area contributed by atoms with Gasteiger partial charge >= 0.3 is 6.03 Å². The van der Waals surface area contributed by atoms with Crippen LogP contribution in [0.2, 0.25) is 0 Å². The van der Waals surface area contributed by atoms with Crippen LogP contribution in [0.3, 0.4) is 0 Å². The van der Waals surface area contributed by atoms with E-state index in [1.807, 2.05) is 75.4 Å². The molecule has 0 bridgehead atoms. The summed E-state index contributed by atoms with van der Waals surface area (Å²) in [6.07, 6.45) is 0. The first-order chi connectivity index (χ1) is 15.8. The Morgan fingerprint density at radius 1 is 1.06 bits per heavy atom. The third kappa shape index (κ3) is 4.85. The maximum absolute atomic E-state index is 13.0. The lowest BCUT2D eigenvalue weighted by Crippen LogP contribution is -2.31. The molecule has 2 heterocycles. The van der Waals surface area contributed by atoms with Gasteiger partial charge in [0.25, 0.3) is 5.56 Å². The van der Waals surface area contributed by atoms with Crippen LogP contribution in [-0.2, 0) is 0 Å². The Kier molecular flexibility index (Phi) is 6.37. The molecule has 0 spiro atoms. The van der Waals surface area contributed by atoms with Gasteiger partial charge in [0.1, 0.15) is 5.69 Å².